The van der Waals surface area contributed by atoms with E-state index >= 15 is 0 Å². The van der Waals surface area contributed by atoms with Crippen LogP contribution in [0.4, 0.5) is 4.39 Å². The summed E-state index contributed by atoms with van der Waals surface area (Å²) in [5.41, 5.74) is 0.621. The van der Waals surface area contributed by atoms with Gasteiger partial charge in [-0.3, -0.25) is 0 Å². The Bertz CT molecular complexity index is 494. The van der Waals surface area contributed by atoms with Crippen LogP contribution >= 0.6 is 0 Å². The molecule has 0 aliphatic heterocycles. The highest BCUT2D eigenvalue weighted by molar-refractivity contribution is 5.31. The van der Waals surface area contributed by atoms with Crippen LogP contribution in [-0.4, -0.2) is 26.2 Å². The molecule has 2 aromatic rings. The Hall–Kier alpha value is -1.82. The molecule has 0 radical (unpaired) electrons. The minimum absolute atomic E-state index is 0.305. The summed E-state index contributed by atoms with van der Waals surface area (Å²) in [4.78, 5) is 0. The molecule has 0 saturated carbocycles. The number of tetrazole rings is 1. The number of aromatic nitrogens is 4. The van der Waals surface area contributed by atoms with Crippen LogP contribution in [0.5, 0.6) is 0 Å². The van der Waals surface area contributed by atoms with E-state index < -0.39 is 0 Å². The van der Waals surface area contributed by atoms with Crippen molar-refractivity contribution in [2.45, 2.75) is 26.4 Å². The monoisotopic (exact) mass is 235 g/mol. The highest BCUT2D eigenvalue weighted by Crippen LogP contribution is 2.09. The SMILES string of the molecule is CC(C)NCc1nnnn1-c1cccc(F)c1. The van der Waals surface area contributed by atoms with Crippen molar-refractivity contribution in [3.8, 4) is 5.69 Å². The van der Waals surface area contributed by atoms with Crippen molar-refractivity contribution in [3.05, 3.63) is 35.9 Å². The molecule has 1 aromatic heterocycles. The third-order valence-electron chi connectivity index (χ3n) is 2.26. The topological polar surface area (TPSA) is 55.6 Å². The number of nitrogens with one attached hydrogen (secondary N) is 1. The summed E-state index contributed by atoms with van der Waals surface area (Å²) in [5, 5.41) is 14.6. The maximum Gasteiger partial charge on any atom is 0.170 e. The maximum atomic E-state index is 13.1. The van der Waals surface area contributed by atoms with Crippen molar-refractivity contribution in [2.24, 2.45) is 0 Å². The van der Waals surface area contributed by atoms with Crippen molar-refractivity contribution in [1.82, 2.24) is 25.5 Å². The average Bonchev–Trinajstić information content (AvgIpc) is 2.74. The van der Waals surface area contributed by atoms with E-state index in [1.165, 1.54) is 16.8 Å². The first-order valence-corrected chi connectivity index (χ1v) is 5.43. The first-order valence-electron chi connectivity index (χ1n) is 5.43. The van der Waals surface area contributed by atoms with Gasteiger partial charge < -0.3 is 5.32 Å². The quantitative estimate of drug-likeness (QED) is 0.867. The fraction of sp³-hybridized carbons (Fsp3) is 0.364. The van der Waals surface area contributed by atoms with Gasteiger partial charge in [-0.25, -0.2) is 4.39 Å². The fourth-order valence-electron chi connectivity index (χ4n) is 1.42. The number of rotatable bonds is 4. The molecule has 1 N–H and O–H groups in total. The summed E-state index contributed by atoms with van der Waals surface area (Å²) in [7, 11) is 0. The third-order valence-corrected chi connectivity index (χ3v) is 2.26. The van der Waals surface area contributed by atoms with Gasteiger partial charge in [0.1, 0.15) is 5.82 Å². The van der Waals surface area contributed by atoms with Crippen LogP contribution in [-0.2, 0) is 6.54 Å². The summed E-state index contributed by atoms with van der Waals surface area (Å²) in [6.07, 6.45) is 0. The fourth-order valence-corrected chi connectivity index (χ4v) is 1.42. The molecule has 0 aliphatic rings. The summed E-state index contributed by atoms with van der Waals surface area (Å²) in [6, 6.07) is 6.52. The van der Waals surface area contributed by atoms with Gasteiger partial charge in [0.05, 0.1) is 12.2 Å². The first-order chi connectivity index (χ1) is 8.16. The van der Waals surface area contributed by atoms with E-state index in [9.17, 15) is 4.39 Å². The van der Waals surface area contributed by atoms with Crippen LogP contribution < -0.4 is 5.32 Å². The molecular weight excluding hydrogens is 221 g/mol. The Balaban J connectivity index is 2.24. The molecule has 0 amide bonds. The van der Waals surface area contributed by atoms with Gasteiger partial charge in [-0.2, -0.15) is 4.68 Å². The molecule has 1 aromatic carbocycles. The van der Waals surface area contributed by atoms with Gasteiger partial charge in [0.2, 0.25) is 0 Å². The first kappa shape index (κ1) is 11.7. The Morgan fingerprint density at radius 3 is 2.94 bits per heavy atom. The molecule has 90 valence electrons. The molecule has 6 heteroatoms. The molecule has 0 aliphatic carbocycles. The van der Waals surface area contributed by atoms with Gasteiger partial charge in [-0.15, -0.1) is 5.10 Å². The predicted octanol–water partition coefficient (Wildman–Crippen LogP) is 1.30. The molecular formula is C11H14FN5. The Kier molecular flexibility index (Phi) is 3.43. The van der Waals surface area contributed by atoms with Gasteiger partial charge in [0.15, 0.2) is 5.82 Å². The lowest BCUT2D eigenvalue weighted by Gasteiger charge is -2.08. The highest BCUT2D eigenvalue weighted by atomic mass is 19.1. The van der Waals surface area contributed by atoms with E-state index in [0.29, 0.717) is 24.1 Å². The number of hydrogen-bond acceptors (Lipinski definition) is 4. The van der Waals surface area contributed by atoms with Crippen LogP contribution in [0, 0.1) is 5.82 Å². The lowest BCUT2D eigenvalue weighted by molar-refractivity contribution is 0.562. The van der Waals surface area contributed by atoms with Crippen molar-refractivity contribution in [1.29, 1.82) is 0 Å². The van der Waals surface area contributed by atoms with Crippen LogP contribution in [0.1, 0.15) is 19.7 Å². The molecule has 0 atom stereocenters. The van der Waals surface area contributed by atoms with Crippen molar-refractivity contribution >= 4 is 0 Å². The summed E-state index contributed by atoms with van der Waals surface area (Å²) in [6.45, 7) is 4.62. The zero-order chi connectivity index (χ0) is 12.3. The summed E-state index contributed by atoms with van der Waals surface area (Å²) in [5.74, 6) is 0.352. The van der Waals surface area contributed by atoms with Gasteiger partial charge in [-0.05, 0) is 28.6 Å². The highest BCUT2D eigenvalue weighted by Gasteiger charge is 2.08. The lowest BCUT2D eigenvalue weighted by Crippen LogP contribution is -2.24. The molecule has 2 rings (SSSR count). The van der Waals surface area contributed by atoms with E-state index in [2.05, 4.69) is 20.8 Å². The van der Waals surface area contributed by atoms with Gasteiger partial charge >= 0.3 is 0 Å². The van der Waals surface area contributed by atoms with Crippen LogP contribution in [0.25, 0.3) is 5.69 Å². The van der Waals surface area contributed by atoms with Crippen LogP contribution in [0.15, 0.2) is 24.3 Å². The average molecular weight is 235 g/mol. The Morgan fingerprint density at radius 1 is 1.41 bits per heavy atom. The number of nitrogens with zero attached hydrogens (tertiary/aromatic N) is 4. The predicted molar refractivity (Wildman–Crippen MR) is 61.1 cm³/mol. The Morgan fingerprint density at radius 2 is 2.24 bits per heavy atom. The second kappa shape index (κ2) is 5.01. The van der Waals surface area contributed by atoms with Crippen molar-refractivity contribution in [3.63, 3.8) is 0 Å². The molecule has 0 bridgehead atoms. The Labute approximate surface area is 98.6 Å². The normalized spacial score (nSPS) is 11.1. The molecule has 1 heterocycles. The molecule has 5 nitrogen and oxygen atoms in total. The number of hydrogen-bond donors (Lipinski definition) is 1. The molecule has 0 unspecified atom stereocenters. The minimum atomic E-state index is -0.305. The van der Waals surface area contributed by atoms with Crippen LogP contribution in [0.3, 0.4) is 0 Å². The van der Waals surface area contributed by atoms with Crippen molar-refractivity contribution < 1.29 is 4.39 Å². The zero-order valence-corrected chi connectivity index (χ0v) is 9.76. The second-order valence-corrected chi connectivity index (χ2v) is 4.02. The third kappa shape index (κ3) is 2.85. The number of benzene rings is 1. The zero-order valence-electron chi connectivity index (χ0n) is 9.76. The molecule has 0 fully saturated rings. The van der Waals surface area contributed by atoms with E-state index in [1.807, 2.05) is 13.8 Å². The summed E-state index contributed by atoms with van der Waals surface area (Å²) < 4.78 is 14.6. The van der Waals surface area contributed by atoms with E-state index in [-0.39, 0.29) is 5.82 Å². The molecule has 0 spiro atoms. The molecule has 0 saturated heterocycles. The standard InChI is InChI=1S/C11H14FN5/c1-8(2)13-7-11-14-15-16-17(11)10-5-3-4-9(12)6-10/h3-6,8,13H,7H2,1-2H3. The summed E-state index contributed by atoms with van der Waals surface area (Å²) >= 11 is 0. The van der Waals surface area contributed by atoms with E-state index in [0.717, 1.165) is 0 Å². The lowest BCUT2D eigenvalue weighted by atomic mass is 10.3. The minimum Gasteiger partial charge on any atom is -0.308 e. The molecule has 17 heavy (non-hydrogen) atoms. The van der Waals surface area contributed by atoms with Gasteiger partial charge in [0, 0.05) is 6.04 Å². The van der Waals surface area contributed by atoms with Gasteiger partial charge in [0.25, 0.3) is 0 Å². The number of halogens is 1. The van der Waals surface area contributed by atoms with Crippen LogP contribution in [0.2, 0.25) is 0 Å². The van der Waals surface area contributed by atoms with Crippen molar-refractivity contribution in [2.75, 3.05) is 0 Å². The largest absolute Gasteiger partial charge is 0.308 e. The van der Waals surface area contributed by atoms with Gasteiger partial charge in [-0.1, -0.05) is 19.9 Å². The second-order valence-electron chi connectivity index (χ2n) is 4.02. The maximum absolute atomic E-state index is 13.1. The van der Waals surface area contributed by atoms with E-state index in [1.54, 1.807) is 12.1 Å². The van der Waals surface area contributed by atoms with E-state index in [4.69, 9.17) is 0 Å². The smallest absolute Gasteiger partial charge is 0.170 e.